The minimum absolute atomic E-state index is 0.420. The van der Waals surface area contributed by atoms with E-state index in [1.54, 1.807) is 11.3 Å². The van der Waals surface area contributed by atoms with Gasteiger partial charge in [-0.05, 0) is 19.4 Å². The molecule has 0 spiro atoms. The number of nitrogens with one attached hydrogen (secondary N) is 1. The van der Waals surface area contributed by atoms with Gasteiger partial charge in [-0.3, -0.25) is 0 Å². The normalized spacial score (nSPS) is 20.5. The van der Waals surface area contributed by atoms with E-state index in [9.17, 15) is 5.11 Å². The fourth-order valence-corrected chi connectivity index (χ4v) is 2.47. The molecule has 0 aliphatic carbocycles. The van der Waals surface area contributed by atoms with Crippen molar-refractivity contribution in [3.63, 3.8) is 0 Å². The third-order valence-corrected chi connectivity index (χ3v) is 3.30. The topological polar surface area (TPSA) is 70.6 Å². The van der Waals surface area contributed by atoms with Crippen LogP contribution in [0.2, 0.25) is 0 Å². The highest BCUT2D eigenvalue weighted by Gasteiger charge is 2.21. The summed E-state index contributed by atoms with van der Waals surface area (Å²) in [5, 5.41) is 13.0. The van der Waals surface area contributed by atoms with E-state index in [2.05, 4.69) is 10.3 Å². The maximum absolute atomic E-state index is 9.25. The van der Waals surface area contributed by atoms with E-state index in [4.69, 9.17) is 5.73 Å². The zero-order valence-electron chi connectivity index (χ0n) is 7.46. The summed E-state index contributed by atoms with van der Waals surface area (Å²) in [5.41, 5.74) is 7.78. The highest BCUT2D eigenvalue weighted by Crippen LogP contribution is 2.34. The van der Waals surface area contributed by atoms with Crippen molar-refractivity contribution in [2.24, 2.45) is 10.7 Å². The van der Waals surface area contributed by atoms with Crippen LogP contribution >= 0.6 is 11.3 Å². The van der Waals surface area contributed by atoms with Crippen molar-refractivity contribution in [2.45, 2.75) is 20.2 Å². The van der Waals surface area contributed by atoms with Crippen LogP contribution in [0.5, 0.6) is 0 Å². The summed E-state index contributed by atoms with van der Waals surface area (Å²) in [6.45, 7) is 4.03. The second-order valence-electron chi connectivity index (χ2n) is 3.02. The zero-order valence-corrected chi connectivity index (χ0v) is 8.27. The highest BCUT2D eigenvalue weighted by atomic mass is 32.1. The van der Waals surface area contributed by atoms with Crippen molar-refractivity contribution in [2.75, 3.05) is 5.32 Å². The Hall–Kier alpha value is -1.07. The fraction of sp³-hybridized carbons (Fsp3) is 0.375. The first-order chi connectivity index (χ1) is 6.09. The van der Waals surface area contributed by atoms with Gasteiger partial charge >= 0.3 is 0 Å². The van der Waals surface area contributed by atoms with Crippen LogP contribution in [-0.2, 0) is 0 Å². The highest BCUT2D eigenvalue weighted by molar-refractivity contribution is 7.16. The van der Waals surface area contributed by atoms with Gasteiger partial charge in [-0.2, -0.15) is 0 Å². The smallest absolute Gasteiger partial charge is 0.225 e. The Morgan fingerprint density at radius 1 is 1.54 bits per heavy atom. The first kappa shape index (κ1) is 8.52. The van der Waals surface area contributed by atoms with Crippen LogP contribution in [0.4, 0.5) is 5.00 Å². The Balaban J connectivity index is 2.60. The van der Waals surface area contributed by atoms with Crippen LogP contribution < -0.4 is 11.1 Å². The molecule has 1 aromatic heterocycles. The van der Waals surface area contributed by atoms with Crippen molar-refractivity contribution in [3.8, 4) is 0 Å². The van der Waals surface area contributed by atoms with Crippen LogP contribution in [0.15, 0.2) is 4.99 Å². The van der Waals surface area contributed by atoms with Gasteiger partial charge in [-0.25, -0.2) is 4.99 Å². The first-order valence-corrected chi connectivity index (χ1v) is 4.79. The predicted octanol–water partition coefficient (Wildman–Crippen LogP) is 0.772. The molecule has 1 aliphatic rings. The average Bonchev–Trinajstić information content (AvgIpc) is 2.27. The molecule has 1 aliphatic heterocycles. The number of aryl methyl sites for hydroxylation is 1. The minimum Gasteiger partial charge on any atom is -0.383 e. The van der Waals surface area contributed by atoms with Gasteiger partial charge in [0.05, 0.1) is 5.56 Å². The largest absolute Gasteiger partial charge is 0.383 e. The van der Waals surface area contributed by atoms with Crippen molar-refractivity contribution >= 4 is 22.2 Å². The van der Waals surface area contributed by atoms with E-state index in [1.807, 2.05) is 13.8 Å². The molecule has 2 heterocycles. The molecule has 0 radical (unpaired) electrons. The molecular weight excluding hydrogens is 186 g/mol. The Kier molecular flexibility index (Phi) is 1.78. The number of amidine groups is 1. The molecule has 0 saturated heterocycles. The maximum atomic E-state index is 9.25. The van der Waals surface area contributed by atoms with E-state index in [1.165, 1.54) is 4.88 Å². The number of anilines is 1. The summed E-state index contributed by atoms with van der Waals surface area (Å²) < 4.78 is 0. The molecule has 13 heavy (non-hydrogen) atoms. The van der Waals surface area contributed by atoms with Crippen molar-refractivity contribution < 1.29 is 5.11 Å². The molecule has 0 amide bonds. The molecular formula is C8H11N3OS. The maximum Gasteiger partial charge on any atom is 0.225 e. The SMILES string of the molecule is Cc1sc2c(c1C)C(N)=NC(O)N2. The zero-order chi connectivity index (χ0) is 9.59. The van der Waals surface area contributed by atoms with Gasteiger partial charge in [0.25, 0.3) is 0 Å². The number of aliphatic hydroxyl groups is 1. The van der Waals surface area contributed by atoms with E-state index in [-0.39, 0.29) is 0 Å². The average molecular weight is 197 g/mol. The van der Waals surface area contributed by atoms with Gasteiger partial charge in [0.2, 0.25) is 6.35 Å². The molecule has 4 nitrogen and oxygen atoms in total. The minimum atomic E-state index is -0.898. The molecule has 1 atom stereocenters. The third-order valence-electron chi connectivity index (χ3n) is 2.16. The van der Waals surface area contributed by atoms with Crippen molar-refractivity contribution in [3.05, 3.63) is 16.0 Å². The summed E-state index contributed by atoms with van der Waals surface area (Å²) in [5.74, 6) is 0.420. The fourth-order valence-electron chi connectivity index (χ4n) is 1.38. The van der Waals surface area contributed by atoms with Crippen LogP contribution in [0.25, 0.3) is 0 Å². The van der Waals surface area contributed by atoms with Crippen LogP contribution in [-0.4, -0.2) is 17.3 Å². The third kappa shape index (κ3) is 1.20. The molecule has 1 aromatic rings. The predicted molar refractivity (Wildman–Crippen MR) is 54.1 cm³/mol. The van der Waals surface area contributed by atoms with Crippen molar-refractivity contribution in [1.82, 2.24) is 0 Å². The number of thiophene rings is 1. The lowest BCUT2D eigenvalue weighted by atomic mass is 10.1. The quantitative estimate of drug-likeness (QED) is 0.575. The second-order valence-corrected chi connectivity index (χ2v) is 4.24. The molecule has 70 valence electrons. The molecule has 0 fully saturated rings. The number of aliphatic imine (C=N–C) groups is 1. The Morgan fingerprint density at radius 2 is 2.23 bits per heavy atom. The first-order valence-electron chi connectivity index (χ1n) is 3.98. The monoisotopic (exact) mass is 197 g/mol. The number of hydrogen-bond donors (Lipinski definition) is 3. The molecule has 4 N–H and O–H groups in total. The summed E-state index contributed by atoms with van der Waals surface area (Å²) in [4.78, 5) is 5.04. The lowest BCUT2D eigenvalue weighted by Gasteiger charge is -2.16. The molecule has 0 aromatic carbocycles. The molecule has 2 rings (SSSR count). The summed E-state index contributed by atoms with van der Waals surface area (Å²) in [6, 6.07) is 0. The van der Waals surface area contributed by atoms with Gasteiger partial charge in [0, 0.05) is 4.88 Å². The van der Waals surface area contributed by atoms with Crippen LogP contribution in [0, 0.1) is 13.8 Å². The molecule has 0 saturated carbocycles. The van der Waals surface area contributed by atoms with Crippen molar-refractivity contribution in [1.29, 1.82) is 0 Å². The number of nitrogens with zero attached hydrogens (tertiary/aromatic N) is 1. The summed E-state index contributed by atoms with van der Waals surface area (Å²) >= 11 is 1.59. The Bertz CT molecular complexity index is 383. The number of nitrogens with two attached hydrogens (primary N) is 1. The second kappa shape index (κ2) is 2.71. The van der Waals surface area contributed by atoms with E-state index < -0.39 is 6.35 Å². The number of rotatable bonds is 0. The van der Waals surface area contributed by atoms with Gasteiger partial charge in [-0.15, -0.1) is 11.3 Å². The Morgan fingerprint density at radius 3 is 2.92 bits per heavy atom. The lowest BCUT2D eigenvalue weighted by molar-refractivity contribution is 0.213. The molecule has 5 heteroatoms. The van der Waals surface area contributed by atoms with Crippen LogP contribution in [0.3, 0.4) is 0 Å². The van der Waals surface area contributed by atoms with E-state index in [0.29, 0.717) is 5.84 Å². The molecule has 0 bridgehead atoms. The van der Waals surface area contributed by atoms with Gasteiger partial charge in [0.1, 0.15) is 10.8 Å². The van der Waals surface area contributed by atoms with Crippen LogP contribution in [0.1, 0.15) is 16.0 Å². The Labute approximate surface area is 80.1 Å². The van der Waals surface area contributed by atoms with Gasteiger partial charge in [-0.1, -0.05) is 0 Å². The number of fused-ring (bicyclic) bond motifs is 1. The summed E-state index contributed by atoms with van der Waals surface area (Å²) in [6.07, 6.45) is -0.898. The lowest BCUT2D eigenvalue weighted by Crippen LogP contribution is -2.28. The number of aliphatic hydroxyl groups excluding tert-OH is 1. The number of hydrogen-bond acceptors (Lipinski definition) is 5. The van der Waals surface area contributed by atoms with Gasteiger partial charge < -0.3 is 16.2 Å². The van der Waals surface area contributed by atoms with Gasteiger partial charge in [0.15, 0.2) is 0 Å². The van der Waals surface area contributed by atoms with E-state index >= 15 is 0 Å². The summed E-state index contributed by atoms with van der Waals surface area (Å²) in [7, 11) is 0. The molecule has 1 unspecified atom stereocenters. The standard InChI is InChI=1S/C8H11N3OS/c1-3-4(2)13-7-5(3)6(9)10-8(12)11-7/h8,11-12H,1-2H3,(H2,9,10). The van der Waals surface area contributed by atoms with E-state index in [0.717, 1.165) is 16.1 Å².